The van der Waals surface area contributed by atoms with Gasteiger partial charge in [-0.3, -0.25) is 9.55 Å². The lowest BCUT2D eigenvalue weighted by atomic mass is 10.2. The van der Waals surface area contributed by atoms with Gasteiger partial charge in [0, 0.05) is 17.5 Å². The number of pyridine rings is 1. The van der Waals surface area contributed by atoms with E-state index in [9.17, 15) is 0 Å². The Morgan fingerprint density at radius 2 is 1.91 bits per heavy atom. The van der Waals surface area contributed by atoms with Crippen molar-refractivity contribution in [3.63, 3.8) is 0 Å². The molecule has 0 spiro atoms. The van der Waals surface area contributed by atoms with Crippen LogP contribution in [0.25, 0.3) is 22.4 Å². The molecule has 10 heteroatoms. The van der Waals surface area contributed by atoms with Crippen molar-refractivity contribution in [2.24, 2.45) is 5.16 Å². The van der Waals surface area contributed by atoms with Gasteiger partial charge in [0.1, 0.15) is 6.33 Å². The number of nitrogens with zero attached hydrogens (tertiary/aromatic N) is 7. The van der Waals surface area contributed by atoms with Gasteiger partial charge in [0.2, 0.25) is 0 Å². The van der Waals surface area contributed by atoms with Crippen LogP contribution in [0, 0.1) is 13.8 Å². The van der Waals surface area contributed by atoms with E-state index in [1.807, 2.05) is 36.5 Å². The maximum atomic E-state index is 5.45. The van der Waals surface area contributed by atoms with Crippen LogP contribution in [0.3, 0.4) is 0 Å². The lowest BCUT2D eigenvalue weighted by Gasteiger charge is -2.07. The standard InChI is InChI=1S/C24H23N7O3/c1-15-16(2)31(18-6-5-9-25-12-18)23-22(15)24-28-21(29-30(24)14-26-23)13-34-27-11-17-7-8-19(32-3)20(10-17)33-4/h5-12,14H,13H2,1-4H3/b27-11+. The number of aromatic nitrogens is 6. The topological polar surface area (TPSA) is 101 Å². The molecule has 0 radical (unpaired) electrons. The van der Waals surface area contributed by atoms with Crippen molar-refractivity contribution in [1.29, 1.82) is 0 Å². The summed E-state index contributed by atoms with van der Waals surface area (Å²) in [6, 6.07) is 9.39. The van der Waals surface area contributed by atoms with Crippen LogP contribution in [0.4, 0.5) is 0 Å². The molecule has 0 aliphatic rings. The lowest BCUT2D eigenvalue weighted by molar-refractivity contribution is 0.126. The summed E-state index contributed by atoms with van der Waals surface area (Å²) >= 11 is 0. The highest BCUT2D eigenvalue weighted by Gasteiger charge is 2.19. The van der Waals surface area contributed by atoms with Crippen molar-refractivity contribution in [2.75, 3.05) is 14.2 Å². The van der Waals surface area contributed by atoms with Crippen molar-refractivity contribution in [3.8, 4) is 17.2 Å². The molecule has 0 N–H and O–H groups in total. The second kappa shape index (κ2) is 8.81. The zero-order valence-electron chi connectivity index (χ0n) is 19.3. The molecule has 0 saturated heterocycles. The molecule has 5 aromatic rings. The summed E-state index contributed by atoms with van der Waals surface area (Å²) in [4.78, 5) is 19.0. The predicted molar refractivity (Wildman–Crippen MR) is 127 cm³/mol. The second-order valence-electron chi connectivity index (χ2n) is 7.62. The average Bonchev–Trinajstić information content (AvgIpc) is 3.40. The number of aryl methyl sites for hydroxylation is 1. The van der Waals surface area contributed by atoms with Gasteiger partial charge in [-0.2, -0.15) is 0 Å². The molecule has 1 aromatic carbocycles. The van der Waals surface area contributed by atoms with Gasteiger partial charge in [-0.15, -0.1) is 5.10 Å². The van der Waals surface area contributed by atoms with Gasteiger partial charge in [0.25, 0.3) is 0 Å². The third-order valence-corrected chi connectivity index (χ3v) is 5.66. The third-order valence-electron chi connectivity index (χ3n) is 5.66. The van der Waals surface area contributed by atoms with Gasteiger partial charge in [-0.25, -0.2) is 14.5 Å². The Kier molecular flexibility index (Phi) is 5.54. The first-order valence-electron chi connectivity index (χ1n) is 10.6. The number of ether oxygens (including phenoxy) is 2. The molecule has 172 valence electrons. The van der Waals surface area contributed by atoms with Crippen LogP contribution in [0.15, 0.2) is 54.2 Å². The molecule has 0 aliphatic heterocycles. The molecule has 0 saturated carbocycles. The summed E-state index contributed by atoms with van der Waals surface area (Å²) in [7, 11) is 3.18. The number of methoxy groups -OCH3 is 2. The Hall–Kier alpha value is -4.47. The largest absolute Gasteiger partial charge is 0.493 e. The quantitative estimate of drug-likeness (QED) is 0.272. The van der Waals surface area contributed by atoms with Crippen molar-refractivity contribution in [2.45, 2.75) is 20.5 Å². The third kappa shape index (κ3) is 3.68. The van der Waals surface area contributed by atoms with E-state index >= 15 is 0 Å². The van der Waals surface area contributed by atoms with Gasteiger partial charge in [0.15, 0.2) is 35.2 Å². The van der Waals surface area contributed by atoms with E-state index in [2.05, 4.69) is 38.6 Å². The van der Waals surface area contributed by atoms with Gasteiger partial charge < -0.3 is 14.3 Å². The molecule has 0 aliphatic carbocycles. The van der Waals surface area contributed by atoms with Gasteiger partial charge in [0.05, 0.1) is 37.7 Å². The highest BCUT2D eigenvalue weighted by molar-refractivity contribution is 5.94. The molecule has 10 nitrogen and oxygen atoms in total. The number of benzene rings is 1. The maximum absolute atomic E-state index is 5.45. The number of oxime groups is 1. The fraction of sp³-hybridized carbons (Fsp3) is 0.208. The summed E-state index contributed by atoms with van der Waals surface area (Å²) in [6.45, 7) is 4.24. The molecule has 5 rings (SSSR count). The van der Waals surface area contributed by atoms with E-state index < -0.39 is 0 Å². The van der Waals surface area contributed by atoms with E-state index in [0.717, 1.165) is 39.2 Å². The van der Waals surface area contributed by atoms with Crippen LogP contribution >= 0.6 is 0 Å². The maximum Gasteiger partial charge on any atom is 0.192 e. The first-order chi connectivity index (χ1) is 16.6. The Labute approximate surface area is 195 Å². The smallest absolute Gasteiger partial charge is 0.192 e. The minimum atomic E-state index is 0.119. The molecular weight excluding hydrogens is 434 g/mol. The summed E-state index contributed by atoms with van der Waals surface area (Å²) in [5, 5.41) is 9.48. The highest BCUT2D eigenvalue weighted by atomic mass is 16.6. The van der Waals surface area contributed by atoms with Crippen LogP contribution in [-0.2, 0) is 11.4 Å². The van der Waals surface area contributed by atoms with Gasteiger partial charge in [-0.05, 0) is 49.7 Å². The highest BCUT2D eigenvalue weighted by Crippen LogP contribution is 2.29. The van der Waals surface area contributed by atoms with Crippen molar-refractivity contribution < 1.29 is 14.3 Å². The van der Waals surface area contributed by atoms with Crippen molar-refractivity contribution in [1.82, 2.24) is 29.1 Å². The Morgan fingerprint density at radius 1 is 1.06 bits per heavy atom. The molecule has 4 aromatic heterocycles. The van der Waals surface area contributed by atoms with Crippen molar-refractivity contribution >= 4 is 22.9 Å². The lowest BCUT2D eigenvalue weighted by Crippen LogP contribution is -1.99. The number of rotatable bonds is 7. The van der Waals surface area contributed by atoms with E-state index in [-0.39, 0.29) is 6.61 Å². The zero-order valence-corrected chi connectivity index (χ0v) is 19.3. The van der Waals surface area contributed by atoms with E-state index in [4.69, 9.17) is 19.3 Å². The zero-order chi connectivity index (χ0) is 23.7. The Bertz CT molecular complexity index is 1510. The first kappa shape index (κ1) is 21.4. The Morgan fingerprint density at radius 3 is 2.68 bits per heavy atom. The van der Waals surface area contributed by atoms with Crippen LogP contribution in [0.2, 0.25) is 0 Å². The fourth-order valence-corrected chi connectivity index (χ4v) is 3.89. The molecule has 0 bridgehead atoms. The molecule has 0 unspecified atom stereocenters. The minimum Gasteiger partial charge on any atom is -0.493 e. The molecule has 0 fully saturated rings. The molecule has 0 amide bonds. The summed E-state index contributed by atoms with van der Waals surface area (Å²) in [5.41, 5.74) is 5.45. The fourth-order valence-electron chi connectivity index (χ4n) is 3.89. The Balaban J connectivity index is 1.40. The first-order valence-corrected chi connectivity index (χ1v) is 10.6. The van der Waals surface area contributed by atoms with Gasteiger partial charge in [-0.1, -0.05) is 5.16 Å². The summed E-state index contributed by atoms with van der Waals surface area (Å²) in [6.07, 6.45) is 6.82. The van der Waals surface area contributed by atoms with Gasteiger partial charge >= 0.3 is 0 Å². The normalized spacial score (nSPS) is 11.5. The second-order valence-corrected chi connectivity index (χ2v) is 7.62. The minimum absolute atomic E-state index is 0.119. The molecule has 4 heterocycles. The summed E-state index contributed by atoms with van der Waals surface area (Å²) < 4.78 is 14.3. The SMILES string of the molecule is COc1ccc(/C=N/OCc2nc3c4c(C)c(C)n(-c5cccnc5)c4ncn3n2)cc1OC. The average molecular weight is 457 g/mol. The van der Waals surface area contributed by atoms with Crippen LogP contribution in [0.1, 0.15) is 22.6 Å². The van der Waals surface area contributed by atoms with Crippen LogP contribution in [-0.4, -0.2) is 49.6 Å². The molecular formula is C24H23N7O3. The number of hydrogen-bond donors (Lipinski definition) is 0. The van der Waals surface area contributed by atoms with Crippen LogP contribution < -0.4 is 9.47 Å². The monoisotopic (exact) mass is 457 g/mol. The molecule has 34 heavy (non-hydrogen) atoms. The van der Waals surface area contributed by atoms with E-state index in [1.54, 1.807) is 37.5 Å². The van der Waals surface area contributed by atoms with E-state index in [1.165, 1.54) is 0 Å². The summed E-state index contributed by atoms with van der Waals surface area (Å²) in [5.74, 6) is 1.77. The molecule has 0 atom stereocenters. The number of fused-ring (bicyclic) bond motifs is 3. The van der Waals surface area contributed by atoms with Crippen molar-refractivity contribution in [3.05, 3.63) is 71.7 Å². The predicted octanol–water partition coefficient (Wildman–Crippen LogP) is 3.65. The van der Waals surface area contributed by atoms with E-state index in [0.29, 0.717) is 17.3 Å². The van der Waals surface area contributed by atoms with Crippen LogP contribution in [0.5, 0.6) is 11.5 Å². The number of hydrogen-bond acceptors (Lipinski definition) is 8.